The summed E-state index contributed by atoms with van der Waals surface area (Å²) in [5, 5.41) is 8.77. The number of carboxylic acid groups (broad SMARTS) is 1. The minimum absolute atomic E-state index is 0.171. The number of halogens is 1. The van der Waals surface area contributed by atoms with Gasteiger partial charge < -0.3 is 25.0 Å². The minimum Gasteiger partial charge on any atom is -0.478 e. The number of benzene rings is 2. The van der Waals surface area contributed by atoms with Crippen LogP contribution in [0.15, 0.2) is 40.9 Å². The van der Waals surface area contributed by atoms with Gasteiger partial charge in [-0.1, -0.05) is 40.2 Å². The fraction of sp³-hybridized carbons (Fsp3) is 0.500. The number of aromatic carboxylic acids is 1. The first kappa shape index (κ1) is 26.7. The molecular weight excluding hydrogens is 495 g/mol. The summed E-state index contributed by atoms with van der Waals surface area (Å²) >= 11 is 3.23. The Hall–Kier alpha value is -1.87. The van der Waals surface area contributed by atoms with E-state index in [4.69, 9.17) is 20.1 Å². The number of hydrogen-bond acceptors (Lipinski definition) is 5. The predicted molar refractivity (Wildman–Crippen MR) is 142 cm³/mol. The summed E-state index contributed by atoms with van der Waals surface area (Å²) in [6.45, 7) is 12.5. The maximum Gasteiger partial charge on any atom is 0.494 e. The van der Waals surface area contributed by atoms with E-state index in [1.165, 1.54) is 31.5 Å². The lowest BCUT2D eigenvalue weighted by Gasteiger charge is -2.32. The van der Waals surface area contributed by atoms with E-state index < -0.39 is 5.97 Å². The molecule has 6 nitrogen and oxygen atoms in total. The minimum atomic E-state index is -0.994. The van der Waals surface area contributed by atoms with Crippen LogP contribution >= 0.6 is 15.9 Å². The third-order valence-electron chi connectivity index (χ3n) is 7.30. The van der Waals surface area contributed by atoms with E-state index in [9.17, 15) is 4.79 Å². The lowest BCUT2D eigenvalue weighted by atomic mass is 9.77. The van der Waals surface area contributed by atoms with Crippen LogP contribution in [-0.4, -0.2) is 54.4 Å². The van der Waals surface area contributed by atoms with E-state index in [-0.39, 0.29) is 23.9 Å². The van der Waals surface area contributed by atoms with Crippen molar-refractivity contribution >= 4 is 40.2 Å². The van der Waals surface area contributed by atoms with Gasteiger partial charge in [-0.2, -0.15) is 0 Å². The van der Waals surface area contributed by atoms with Crippen LogP contribution in [0, 0.1) is 6.92 Å². The molecule has 0 spiro atoms. The van der Waals surface area contributed by atoms with Crippen LogP contribution in [0.5, 0.6) is 0 Å². The highest BCUT2D eigenvalue weighted by atomic mass is 79.9. The maximum absolute atomic E-state index is 10.7. The monoisotopic (exact) mass is 530 g/mol. The number of carbonyl (C=O) groups is 1. The second kappa shape index (κ2) is 10.4. The average Bonchev–Trinajstić information content (AvgIpc) is 2.99. The molecule has 0 amide bonds. The van der Waals surface area contributed by atoms with Crippen molar-refractivity contribution in [2.24, 2.45) is 0 Å². The summed E-state index contributed by atoms with van der Waals surface area (Å²) in [5.74, 6) is -0.296. The van der Waals surface area contributed by atoms with Crippen molar-refractivity contribution in [3.63, 3.8) is 0 Å². The zero-order valence-corrected chi connectivity index (χ0v) is 22.6. The highest BCUT2D eigenvalue weighted by Crippen LogP contribution is 2.36. The molecule has 0 radical (unpaired) electrons. The molecule has 3 N–H and O–H groups in total. The quantitative estimate of drug-likeness (QED) is 0.436. The smallest absolute Gasteiger partial charge is 0.478 e. The molecule has 0 bridgehead atoms. The zero-order valence-electron chi connectivity index (χ0n) is 21.0. The van der Waals surface area contributed by atoms with Gasteiger partial charge in [0.1, 0.15) is 0 Å². The summed E-state index contributed by atoms with van der Waals surface area (Å²) in [7, 11) is 1.95. The van der Waals surface area contributed by atoms with Gasteiger partial charge in [0.05, 0.1) is 16.8 Å². The maximum atomic E-state index is 10.7. The Morgan fingerprint density at radius 3 is 2.06 bits per heavy atom. The van der Waals surface area contributed by atoms with E-state index in [1.807, 2.05) is 0 Å². The fourth-order valence-electron chi connectivity index (χ4n) is 4.24. The van der Waals surface area contributed by atoms with E-state index in [0.717, 1.165) is 9.94 Å². The Balaban J connectivity index is 0.000000229. The Kier molecular flexibility index (Phi) is 8.18. The molecule has 34 heavy (non-hydrogen) atoms. The molecular formula is C26H36BBrN2O4. The van der Waals surface area contributed by atoms with Crippen molar-refractivity contribution in [3.05, 3.63) is 57.6 Å². The molecule has 0 aliphatic carbocycles. The van der Waals surface area contributed by atoms with Crippen molar-refractivity contribution in [1.29, 1.82) is 0 Å². The summed E-state index contributed by atoms with van der Waals surface area (Å²) in [4.78, 5) is 13.1. The molecule has 2 aromatic carbocycles. The molecule has 2 fully saturated rings. The van der Waals surface area contributed by atoms with Crippen LogP contribution in [0.4, 0.5) is 5.69 Å². The van der Waals surface area contributed by atoms with Crippen LogP contribution in [0.2, 0.25) is 0 Å². The Labute approximate surface area is 212 Å². The molecule has 2 aromatic rings. The van der Waals surface area contributed by atoms with Gasteiger partial charge in [0.2, 0.25) is 0 Å². The van der Waals surface area contributed by atoms with Crippen molar-refractivity contribution < 1.29 is 19.2 Å². The first-order valence-electron chi connectivity index (χ1n) is 11.7. The topological polar surface area (TPSA) is 85.0 Å². The highest BCUT2D eigenvalue weighted by Gasteiger charge is 2.51. The SMILES string of the molecule is CN1CCC(c2ccc(B3OC(C)(C)C(C)(C)O3)cc2)CC1.Cc1c(Br)ccc(N)c1C(=O)O. The van der Waals surface area contributed by atoms with Crippen molar-refractivity contribution in [3.8, 4) is 0 Å². The molecule has 8 heteroatoms. The normalized spacial score (nSPS) is 20.0. The number of nitrogen functional groups attached to an aromatic ring is 1. The van der Waals surface area contributed by atoms with Gasteiger partial charge in [0, 0.05) is 10.2 Å². The van der Waals surface area contributed by atoms with Gasteiger partial charge in [0.15, 0.2) is 0 Å². The second-order valence-electron chi connectivity index (χ2n) is 10.3. The molecule has 4 rings (SSSR count). The molecule has 2 saturated heterocycles. The van der Waals surface area contributed by atoms with Crippen molar-refractivity contribution in [2.75, 3.05) is 25.9 Å². The van der Waals surface area contributed by atoms with E-state index in [0.29, 0.717) is 17.2 Å². The van der Waals surface area contributed by atoms with Gasteiger partial charge in [-0.15, -0.1) is 0 Å². The van der Waals surface area contributed by atoms with E-state index in [2.05, 4.69) is 79.8 Å². The van der Waals surface area contributed by atoms with Crippen LogP contribution in [0.25, 0.3) is 0 Å². The molecule has 0 saturated carbocycles. The van der Waals surface area contributed by atoms with Crippen LogP contribution in [0.3, 0.4) is 0 Å². The number of likely N-dealkylation sites (tertiary alicyclic amines) is 1. The lowest BCUT2D eigenvalue weighted by molar-refractivity contribution is 0.00578. The molecule has 184 valence electrons. The zero-order chi connectivity index (χ0) is 25.3. The third-order valence-corrected chi connectivity index (χ3v) is 8.16. The van der Waals surface area contributed by atoms with Gasteiger partial charge >= 0.3 is 13.1 Å². The number of carboxylic acids is 1. The Morgan fingerprint density at radius 1 is 1.06 bits per heavy atom. The summed E-state index contributed by atoms with van der Waals surface area (Å²) < 4.78 is 13.0. The molecule has 0 unspecified atom stereocenters. The molecule has 2 aliphatic heterocycles. The average molecular weight is 531 g/mol. The molecule has 2 heterocycles. The van der Waals surface area contributed by atoms with Gasteiger partial charge in [-0.25, -0.2) is 4.79 Å². The van der Waals surface area contributed by atoms with Crippen molar-refractivity contribution in [1.82, 2.24) is 4.90 Å². The summed E-state index contributed by atoms with van der Waals surface area (Å²) in [6.07, 6.45) is 2.51. The van der Waals surface area contributed by atoms with Gasteiger partial charge in [0.25, 0.3) is 0 Å². The predicted octanol–water partition coefficient (Wildman–Crippen LogP) is 4.83. The number of nitrogens with two attached hydrogens (primary N) is 1. The highest BCUT2D eigenvalue weighted by molar-refractivity contribution is 9.10. The van der Waals surface area contributed by atoms with Crippen LogP contribution in [0.1, 0.15) is 67.9 Å². The Bertz CT molecular complexity index is 1000. The lowest BCUT2D eigenvalue weighted by Crippen LogP contribution is -2.41. The first-order valence-corrected chi connectivity index (χ1v) is 12.5. The number of anilines is 1. The number of hydrogen-bond donors (Lipinski definition) is 2. The first-order chi connectivity index (χ1) is 15.8. The van der Waals surface area contributed by atoms with Crippen LogP contribution < -0.4 is 11.2 Å². The second-order valence-corrected chi connectivity index (χ2v) is 11.1. The fourth-order valence-corrected chi connectivity index (χ4v) is 4.57. The molecule has 2 aliphatic rings. The Morgan fingerprint density at radius 2 is 1.59 bits per heavy atom. The number of nitrogens with zero attached hydrogens (tertiary/aromatic N) is 1. The largest absolute Gasteiger partial charge is 0.494 e. The van der Waals surface area contributed by atoms with E-state index >= 15 is 0 Å². The van der Waals surface area contributed by atoms with Crippen molar-refractivity contribution in [2.45, 2.75) is 64.6 Å². The van der Waals surface area contributed by atoms with Crippen LogP contribution in [-0.2, 0) is 9.31 Å². The standard InChI is InChI=1S/C18H28BNO2.C8H8BrNO2/c1-17(2)18(3,4)22-19(21-17)16-8-6-14(7-9-16)15-10-12-20(5)13-11-15;1-4-5(9)2-3-6(10)7(4)8(11)12/h6-9,15H,10-13H2,1-5H3;2-3H,10H2,1H3,(H,11,12). The van der Waals surface area contributed by atoms with E-state index in [1.54, 1.807) is 19.1 Å². The van der Waals surface area contributed by atoms with Gasteiger partial charge in [-0.3, -0.25) is 0 Å². The number of piperidine rings is 1. The number of rotatable bonds is 3. The molecule has 0 aromatic heterocycles. The molecule has 0 atom stereocenters. The third kappa shape index (κ3) is 5.85. The van der Waals surface area contributed by atoms with Gasteiger partial charge in [-0.05, 0) is 102 Å². The summed E-state index contributed by atoms with van der Waals surface area (Å²) in [5.41, 5.74) is 8.64. The summed E-state index contributed by atoms with van der Waals surface area (Å²) in [6, 6.07) is 12.2.